The molecule has 21 heavy (non-hydrogen) atoms. The molecule has 0 N–H and O–H groups in total. The van der Waals surface area contributed by atoms with Crippen molar-refractivity contribution in [1.82, 2.24) is 4.90 Å². The standard InChI is InChI=1S/C17H25ClN2O/c1-11-7-14(12(2)17(3,4)8-11)15(18)16(21)20(10-19)9-13-5-6-13/h7,12-15H,5-6,8-9H2,1-4H3. The fourth-order valence-corrected chi connectivity index (χ4v) is 3.73. The van der Waals surface area contributed by atoms with Gasteiger partial charge < -0.3 is 0 Å². The van der Waals surface area contributed by atoms with Gasteiger partial charge in [0, 0.05) is 12.5 Å². The van der Waals surface area contributed by atoms with Crippen LogP contribution in [0.4, 0.5) is 0 Å². The lowest BCUT2D eigenvalue weighted by molar-refractivity contribution is -0.129. The molecule has 1 saturated carbocycles. The van der Waals surface area contributed by atoms with E-state index in [0.29, 0.717) is 18.4 Å². The summed E-state index contributed by atoms with van der Waals surface area (Å²) >= 11 is 6.49. The zero-order valence-electron chi connectivity index (χ0n) is 13.4. The Morgan fingerprint density at radius 3 is 2.71 bits per heavy atom. The summed E-state index contributed by atoms with van der Waals surface area (Å²) in [6.45, 7) is 9.24. The number of carbonyl (C=O) groups is 1. The quantitative estimate of drug-likeness (QED) is 0.342. The van der Waals surface area contributed by atoms with Crippen LogP contribution in [0.5, 0.6) is 0 Å². The molecule has 2 aliphatic rings. The SMILES string of the molecule is CC1=CC(C(Cl)C(=O)N(C#N)CC2CC2)C(C)C(C)(C)C1. The molecule has 3 unspecified atom stereocenters. The van der Waals surface area contributed by atoms with Crippen LogP contribution in [0.25, 0.3) is 0 Å². The maximum Gasteiger partial charge on any atom is 0.254 e. The van der Waals surface area contributed by atoms with Crippen molar-refractivity contribution in [3.63, 3.8) is 0 Å². The fourth-order valence-electron chi connectivity index (χ4n) is 3.32. The van der Waals surface area contributed by atoms with Crippen molar-refractivity contribution in [3.05, 3.63) is 11.6 Å². The number of rotatable bonds is 4. The van der Waals surface area contributed by atoms with Gasteiger partial charge in [-0.1, -0.05) is 32.4 Å². The van der Waals surface area contributed by atoms with Crippen molar-refractivity contribution in [2.24, 2.45) is 23.2 Å². The Bertz CT molecular complexity index is 488. The molecule has 3 atom stereocenters. The predicted molar refractivity (Wildman–Crippen MR) is 84.5 cm³/mol. The van der Waals surface area contributed by atoms with Gasteiger partial charge >= 0.3 is 0 Å². The minimum absolute atomic E-state index is 0.00188. The van der Waals surface area contributed by atoms with E-state index >= 15 is 0 Å². The second-order valence-electron chi connectivity index (χ2n) is 7.44. The lowest BCUT2D eigenvalue weighted by atomic mass is 9.64. The first-order valence-corrected chi connectivity index (χ1v) is 8.22. The number of hydrogen-bond donors (Lipinski definition) is 0. The molecule has 0 aromatic rings. The number of nitrogens with zero attached hydrogens (tertiary/aromatic N) is 2. The molecule has 0 spiro atoms. The Kier molecular flexibility index (Phi) is 4.68. The summed E-state index contributed by atoms with van der Waals surface area (Å²) < 4.78 is 0. The van der Waals surface area contributed by atoms with E-state index in [-0.39, 0.29) is 17.2 Å². The van der Waals surface area contributed by atoms with Gasteiger partial charge in [0.25, 0.3) is 5.91 Å². The van der Waals surface area contributed by atoms with Gasteiger partial charge in [-0.05, 0) is 43.4 Å². The summed E-state index contributed by atoms with van der Waals surface area (Å²) in [4.78, 5) is 13.8. The Labute approximate surface area is 132 Å². The smallest absolute Gasteiger partial charge is 0.254 e. The number of amides is 1. The largest absolute Gasteiger partial charge is 0.272 e. The van der Waals surface area contributed by atoms with Crippen LogP contribution in [0.1, 0.15) is 47.0 Å². The Balaban J connectivity index is 2.13. The van der Waals surface area contributed by atoms with Crippen molar-refractivity contribution in [1.29, 1.82) is 5.26 Å². The number of hydrogen-bond acceptors (Lipinski definition) is 2. The molecule has 0 bridgehead atoms. The van der Waals surface area contributed by atoms with Gasteiger partial charge in [-0.3, -0.25) is 4.79 Å². The number of alkyl halides is 1. The van der Waals surface area contributed by atoms with Gasteiger partial charge in [0.2, 0.25) is 0 Å². The highest BCUT2D eigenvalue weighted by Gasteiger charge is 2.42. The molecule has 0 aromatic heterocycles. The van der Waals surface area contributed by atoms with Crippen LogP contribution in [0.15, 0.2) is 11.6 Å². The summed E-state index contributed by atoms with van der Waals surface area (Å²) in [5, 5.41) is 8.58. The number of carbonyl (C=O) groups excluding carboxylic acids is 1. The predicted octanol–water partition coefficient (Wildman–Crippen LogP) is 3.94. The van der Waals surface area contributed by atoms with Gasteiger partial charge in [0.15, 0.2) is 6.19 Å². The van der Waals surface area contributed by atoms with E-state index in [0.717, 1.165) is 19.3 Å². The van der Waals surface area contributed by atoms with Crippen LogP contribution in [-0.4, -0.2) is 22.7 Å². The monoisotopic (exact) mass is 308 g/mol. The van der Waals surface area contributed by atoms with Gasteiger partial charge in [-0.15, -0.1) is 11.6 Å². The van der Waals surface area contributed by atoms with E-state index in [1.165, 1.54) is 10.5 Å². The third-order valence-electron chi connectivity index (χ3n) is 5.12. The van der Waals surface area contributed by atoms with E-state index in [9.17, 15) is 10.1 Å². The normalized spacial score (nSPS) is 29.2. The molecule has 0 heterocycles. The Morgan fingerprint density at radius 1 is 1.57 bits per heavy atom. The molecule has 116 valence electrons. The lowest BCUT2D eigenvalue weighted by Gasteiger charge is -2.42. The maximum atomic E-state index is 12.5. The van der Waals surface area contributed by atoms with E-state index in [1.807, 2.05) is 6.19 Å². The molecule has 1 amide bonds. The van der Waals surface area contributed by atoms with Crippen molar-refractivity contribution in [3.8, 4) is 6.19 Å². The number of nitriles is 1. The summed E-state index contributed by atoms with van der Waals surface area (Å²) in [6.07, 6.45) is 7.42. The van der Waals surface area contributed by atoms with E-state index < -0.39 is 5.38 Å². The van der Waals surface area contributed by atoms with Crippen molar-refractivity contribution in [2.45, 2.75) is 52.3 Å². The molecule has 1 fully saturated rings. The van der Waals surface area contributed by atoms with E-state index in [1.54, 1.807) is 0 Å². The Morgan fingerprint density at radius 2 is 2.19 bits per heavy atom. The molecule has 4 heteroatoms. The van der Waals surface area contributed by atoms with Crippen molar-refractivity contribution < 1.29 is 4.79 Å². The first-order chi connectivity index (χ1) is 9.76. The van der Waals surface area contributed by atoms with Crippen LogP contribution < -0.4 is 0 Å². The highest BCUT2D eigenvalue weighted by Crippen LogP contribution is 2.45. The molecule has 2 rings (SSSR count). The van der Waals surface area contributed by atoms with Crippen molar-refractivity contribution in [2.75, 3.05) is 6.54 Å². The molecular weight excluding hydrogens is 284 g/mol. The summed E-state index contributed by atoms with van der Waals surface area (Å²) in [6, 6.07) is 0. The molecule has 0 saturated heterocycles. The van der Waals surface area contributed by atoms with Gasteiger partial charge in [0.1, 0.15) is 5.38 Å². The molecule has 2 aliphatic carbocycles. The van der Waals surface area contributed by atoms with Gasteiger partial charge in [-0.25, -0.2) is 4.90 Å². The third-order valence-corrected chi connectivity index (χ3v) is 5.60. The minimum Gasteiger partial charge on any atom is -0.272 e. The minimum atomic E-state index is -0.645. The fraction of sp³-hybridized carbons (Fsp3) is 0.765. The van der Waals surface area contributed by atoms with E-state index in [2.05, 4.69) is 33.8 Å². The summed E-state index contributed by atoms with van der Waals surface area (Å²) in [5.41, 5.74) is 1.41. The molecule has 0 aromatic carbocycles. The zero-order chi connectivity index (χ0) is 15.8. The molecule has 0 radical (unpaired) electrons. The molecule has 0 aliphatic heterocycles. The highest BCUT2D eigenvalue weighted by molar-refractivity contribution is 6.31. The average molecular weight is 309 g/mol. The van der Waals surface area contributed by atoms with Crippen LogP contribution in [0.3, 0.4) is 0 Å². The van der Waals surface area contributed by atoms with Crippen LogP contribution in [-0.2, 0) is 4.79 Å². The summed E-state index contributed by atoms with van der Waals surface area (Å²) in [5.74, 6) is 0.576. The van der Waals surface area contributed by atoms with Gasteiger partial charge in [-0.2, -0.15) is 5.26 Å². The van der Waals surface area contributed by atoms with Crippen LogP contribution in [0.2, 0.25) is 0 Å². The van der Waals surface area contributed by atoms with Crippen LogP contribution >= 0.6 is 11.6 Å². The van der Waals surface area contributed by atoms with Crippen LogP contribution in [0, 0.1) is 34.6 Å². The molecular formula is C17H25ClN2O. The van der Waals surface area contributed by atoms with Crippen molar-refractivity contribution >= 4 is 17.5 Å². The lowest BCUT2D eigenvalue weighted by Crippen LogP contribution is -2.43. The molecule has 3 nitrogen and oxygen atoms in total. The third kappa shape index (κ3) is 3.61. The zero-order valence-corrected chi connectivity index (χ0v) is 14.2. The van der Waals surface area contributed by atoms with Gasteiger partial charge in [0.05, 0.1) is 0 Å². The number of allylic oxidation sites excluding steroid dienone is 2. The summed E-state index contributed by atoms with van der Waals surface area (Å²) in [7, 11) is 0. The average Bonchev–Trinajstić information content (AvgIpc) is 3.22. The highest BCUT2D eigenvalue weighted by atomic mass is 35.5. The topological polar surface area (TPSA) is 44.1 Å². The van der Waals surface area contributed by atoms with E-state index in [4.69, 9.17) is 11.6 Å². The first-order valence-electron chi connectivity index (χ1n) is 7.78. The maximum absolute atomic E-state index is 12.5. The Hall–Kier alpha value is -1.01. The number of halogens is 1. The second kappa shape index (κ2) is 6.01. The second-order valence-corrected chi connectivity index (χ2v) is 7.91. The first kappa shape index (κ1) is 16.4.